The number of carbonyl (C=O) groups excluding carboxylic acids is 2. The molecule has 1 rings (SSSR count). The predicted molar refractivity (Wildman–Crippen MR) is 41.4 cm³/mol. The van der Waals surface area contributed by atoms with Crippen LogP contribution in [0.25, 0.3) is 0 Å². The largest absolute Gasteiger partial charge is 0.368 e. The first kappa shape index (κ1) is 8.45. The summed E-state index contributed by atoms with van der Waals surface area (Å²) in [5.74, 6) is -0.605. The molecule has 1 amide bonds. The zero-order valence-corrected chi connectivity index (χ0v) is 6.65. The lowest BCUT2D eigenvalue weighted by Gasteiger charge is -1.94. The Balaban J connectivity index is 2.77. The number of nitrogens with two attached hydrogens (primary N) is 1. The van der Waals surface area contributed by atoms with Crippen LogP contribution in [0, 0.1) is 0 Å². The maximum atomic E-state index is 10.8. The first-order valence-corrected chi connectivity index (χ1v) is 3.42. The Bertz CT molecular complexity index is 316. The van der Waals surface area contributed by atoms with Crippen LogP contribution in [0.15, 0.2) is 12.3 Å². The summed E-state index contributed by atoms with van der Waals surface area (Å²) in [6, 6.07) is 1.55. The third-order valence-electron chi connectivity index (χ3n) is 1.32. The van der Waals surface area contributed by atoms with Crippen LogP contribution in [-0.4, -0.2) is 21.5 Å². The number of primary amides is 1. The van der Waals surface area contributed by atoms with Crippen molar-refractivity contribution < 1.29 is 9.59 Å². The summed E-state index contributed by atoms with van der Waals surface area (Å²) in [6.07, 6.45) is 1.54. The van der Waals surface area contributed by atoms with E-state index in [1.165, 1.54) is 11.6 Å². The smallest absolute Gasteiger partial charge is 0.239 e. The Morgan fingerprint density at radius 3 is 2.75 bits per heavy atom. The van der Waals surface area contributed by atoms with E-state index in [0.29, 0.717) is 5.69 Å². The summed E-state index contributed by atoms with van der Waals surface area (Å²) in [5.41, 5.74) is 5.27. The van der Waals surface area contributed by atoms with Crippen LogP contribution in [-0.2, 0) is 11.3 Å². The first-order chi connectivity index (χ1) is 5.59. The van der Waals surface area contributed by atoms with Gasteiger partial charge < -0.3 is 5.73 Å². The van der Waals surface area contributed by atoms with Gasteiger partial charge in [-0.05, 0) is 6.07 Å². The molecule has 0 bridgehead atoms. The molecule has 0 radical (unpaired) electrons. The zero-order chi connectivity index (χ0) is 9.14. The fraction of sp³-hybridized carbons (Fsp3) is 0.286. The Kier molecular flexibility index (Phi) is 2.23. The molecule has 0 aromatic carbocycles. The average molecular weight is 167 g/mol. The van der Waals surface area contributed by atoms with E-state index in [1.54, 1.807) is 12.3 Å². The quantitative estimate of drug-likeness (QED) is 0.620. The second-order valence-corrected chi connectivity index (χ2v) is 2.42. The normalized spacial score (nSPS) is 9.75. The molecule has 5 heteroatoms. The molecule has 0 saturated heterocycles. The molecule has 0 atom stereocenters. The van der Waals surface area contributed by atoms with Gasteiger partial charge in [0, 0.05) is 13.1 Å². The van der Waals surface area contributed by atoms with Crippen molar-refractivity contribution in [2.75, 3.05) is 0 Å². The molecule has 5 nitrogen and oxygen atoms in total. The predicted octanol–water partition coefficient (Wildman–Crippen LogP) is -0.429. The van der Waals surface area contributed by atoms with Crippen LogP contribution < -0.4 is 5.73 Å². The van der Waals surface area contributed by atoms with E-state index in [1.807, 2.05) is 0 Å². The van der Waals surface area contributed by atoms with Gasteiger partial charge in [-0.1, -0.05) is 0 Å². The minimum atomic E-state index is -0.479. The summed E-state index contributed by atoms with van der Waals surface area (Å²) >= 11 is 0. The van der Waals surface area contributed by atoms with E-state index in [0.717, 1.165) is 0 Å². The second kappa shape index (κ2) is 3.17. The number of amides is 1. The highest BCUT2D eigenvalue weighted by molar-refractivity contribution is 5.91. The number of ketones is 1. The molecule has 64 valence electrons. The second-order valence-electron chi connectivity index (χ2n) is 2.42. The van der Waals surface area contributed by atoms with Crippen molar-refractivity contribution in [3.8, 4) is 0 Å². The van der Waals surface area contributed by atoms with Gasteiger partial charge >= 0.3 is 0 Å². The van der Waals surface area contributed by atoms with E-state index < -0.39 is 5.91 Å². The number of hydrogen-bond acceptors (Lipinski definition) is 3. The summed E-state index contributed by atoms with van der Waals surface area (Å²) < 4.78 is 1.33. The molecule has 0 aliphatic rings. The Hall–Kier alpha value is -1.65. The van der Waals surface area contributed by atoms with E-state index in [-0.39, 0.29) is 12.3 Å². The van der Waals surface area contributed by atoms with E-state index in [2.05, 4.69) is 5.10 Å². The molecule has 0 fully saturated rings. The molecular formula is C7H9N3O2. The van der Waals surface area contributed by atoms with Crippen molar-refractivity contribution in [3.63, 3.8) is 0 Å². The lowest BCUT2D eigenvalue weighted by Crippen LogP contribution is -2.19. The molecule has 0 aliphatic carbocycles. The lowest BCUT2D eigenvalue weighted by atomic mass is 10.3. The van der Waals surface area contributed by atoms with Crippen molar-refractivity contribution in [3.05, 3.63) is 18.0 Å². The van der Waals surface area contributed by atoms with E-state index in [9.17, 15) is 9.59 Å². The minimum absolute atomic E-state index is 0.00722. The number of carbonyl (C=O) groups is 2. The van der Waals surface area contributed by atoms with Crippen molar-refractivity contribution >= 4 is 11.7 Å². The van der Waals surface area contributed by atoms with Crippen molar-refractivity contribution in [1.82, 2.24) is 9.78 Å². The van der Waals surface area contributed by atoms with Crippen molar-refractivity contribution in [1.29, 1.82) is 0 Å². The van der Waals surface area contributed by atoms with Gasteiger partial charge in [-0.3, -0.25) is 14.3 Å². The third-order valence-corrected chi connectivity index (χ3v) is 1.32. The van der Waals surface area contributed by atoms with Gasteiger partial charge in [0.25, 0.3) is 0 Å². The van der Waals surface area contributed by atoms with E-state index in [4.69, 9.17) is 5.73 Å². The van der Waals surface area contributed by atoms with Crippen LogP contribution in [0.4, 0.5) is 0 Å². The third kappa shape index (κ3) is 1.91. The van der Waals surface area contributed by atoms with Gasteiger partial charge in [-0.2, -0.15) is 5.10 Å². The molecule has 0 aliphatic heterocycles. The first-order valence-electron chi connectivity index (χ1n) is 3.42. The fourth-order valence-corrected chi connectivity index (χ4v) is 0.797. The van der Waals surface area contributed by atoms with Crippen molar-refractivity contribution in [2.45, 2.75) is 13.5 Å². The summed E-state index contributed by atoms with van der Waals surface area (Å²) in [5, 5.41) is 3.82. The molecular weight excluding hydrogens is 158 g/mol. The Morgan fingerprint density at radius 1 is 1.67 bits per heavy atom. The van der Waals surface area contributed by atoms with Gasteiger partial charge in [0.2, 0.25) is 5.91 Å². The van der Waals surface area contributed by atoms with Crippen LogP contribution in [0.2, 0.25) is 0 Å². The van der Waals surface area contributed by atoms with Crippen LogP contribution >= 0.6 is 0 Å². The molecule has 0 spiro atoms. The number of rotatable bonds is 3. The van der Waals surface area contributed by atoms with Gasteiger partial charge in [0.1, 0.15) is 12.2 Å². The molecule has 12 heavy (non-hydrogen) atoms. The molecule has 1 heterocycles. The number of hydrogen-bond donors (Lipinski definition) is 1. The van der Waals surface area contributed by atoms with Gasteiger partial charge in [0.15, 0.2) is 5.78 Å². The summed E-state index contributed by atoms with van der Waals surface area (Å²) in [7, 11) is 0. The van der Waals surface area contributed by atoms with E-state index >= 15 is 0 Å². The zero-order valence-electron chi connectivity index (χ0n) is 6.65. The Morgan fingerprint density at radius 2 is 2.33 bits per heavy atom. The maximum absolute atomic E-state index is 10.8. The molecule has 1 aromatic rings. The number of aromatic nitrogens is 2. The average Bonchev–Trinajstić information content (AvgIpc) is 2.34. The van der Waals surface area contributed by atoms with Crippen LogP contribution in [0.1, 0.15) is 17.4 Å². The highest BCUT2D eigenvalue weighted by Gasteiger charge is 2.04. The van der Waals surface area contributed by atoms with Crippen LogP contribution in [0.3, 0.4) is 0 Å². The fourth-order valence-electron chi connectivity index (χ4n) is 0.797. The minimum Gasteiger partial charge on any atom is -0.368 e. The highest BCUT2D eigenvalue weighted by atomic mass is 16.1. The van der Waals surface area contributed by atoms with Gasteiger partial charge in [-0.15, -0.1) is 0 Å². The summed E-state index contributed by atoms with van der Waals surface area (Å²) in [6.45, 7) is 1.42. The molecule has 1 aromatic heterocycles. The highest BCUT2D eigenvalue weighted by Crippen LogP contribution is 1.95. The van der Waals surface area contributed by atoms with Gasteiger partial charge in [0.05, 0.1) is 0 Å². The van der Waals surface area contributed by atoms with Crippen LogP contribution in [0.5, 0.6) is 0 Å². The topological polar surface area (TPSA) is 78.0 Å². The number of Topliss-reactive ketones (excluding diaryl/α,β-unsaturated/α-hetero) is 1. The molecule has 2 N–H and O–H groups in total. The lowest BCUT2D eigenvalue weighted by molar-refractivity contribution is -0.118. The number of nitrogens with zero attached hydrogens (tertiary/aromatic N) is 2. The SMILES string of the molecule is CC(=O)c1ccn(CC(N)=O)n1. The monoisotopic (exact) mass is 167 g/mol. The molecule has 0 saturated carbocycles. The standard InChI is InChI=1S/C7H9N3O2/c1-5(11)6-2-3-10(9-6)4-7(8)12/h2-3H,4H2,1H3,(H2,8,12). The summed E-state index contributed by atoms with van der Waals surface area (Å²) in [4.78, 5) is 21.2. The van der Waals surface area contributed by atoms with Crippen molar-refractivity contribution in [2.24, 2.45) is 5.73 Å². The maximum Gasteiger partial charge on any atom is 0.239 e. The van der Waals surface area contributed by atoms with Gasteiger partial charge in [-0.25, -0.2) is 0 Å². The molecule has 0 unspecified atom stereocenters. The Labute approximate surface area is 69.2 Å².